The van der Waals surface area contributed by atoms with Gasteiger partial charge in [-0.1, -0.05) is 46.8 Å². The van der Waals surface area contributed by atoms with E-state index in [0.717, 1.165) is 24.3 Å². The Morgan fingerprint density at radius 3 is 2.17 bits per heavy atom. The SMILES string of the molecule is COC(=O)CCc1ccc(OCCC(C)(C)CC(C)(C)C)cc1. The number of hydrogen-bond donors (Lipinski definition) is 0. The van der Waals surface area contributed by atoms with Crippen LogP contribution in [0.1, 0.15) is 59.4 Å². The van der Waals surface area contributed by atoms with Crippen LogP contribution in [0.2, 0.25) is 0 Å². The maximum absolute atomic E-state index is 11.1. The molecule has 130 valence electrons. The summed E-state index contributed by atoms with van der Waals surface area (Å²) in [5.74, 6) is 0.713. The Labute approximate surface area is 141 Å². The Morgan fingerprint density at radius 2 is 1.65 bits per heavy atom. The van der Waals surface area contributed by atoms with E-state index in [1.165, 1.54) is 13.5 Å². The fourth-order valence-corrected chi connectivity index (χ4v) is 3.07. The molecule has 3 heteroatoms. The second kappa shape index (κ2) is 8.37. The van der Waals surface area contributed by atoms with Crippen molar-refractivity contribution in [3.8, 4) is 5.75 Å². The van der Waals surface area contributed by atoms with Crippen LogP contribution in [-0.4, -0.2) is 19.7 Å². The third kappa shape index (κ3) is 8.63. The van der Waals surface area contributed by atoms with Crippen molar-refractivity contribution in [1.29, 1.82) is 0 Å². The molecule has 0 heterocycles. The number of aryl methyl sites for hydroxylation is 1. The fourth-order valence-electron chi connectivity index (χ4n) is 3.07. The van der Waals surface area contributed by atoms with Gasteiger partial charge in [0.2, 0.25) is 0 Å². The molecule has 0 N–H and O–H groups in total. The van der Waals surface area contributed by atoms with Gasteiger partial charge in [0.25, 0.3) is 0 Å². The van der Waals surface area contributed by atoms with E-state index in [2.05, 4.69) is 39.4 Å². The van der Waals surface area contributed by atoms with Crippen molar-refractivity contribution < 1.29 is 14.3 Å². The van der Waals surface area contributed by atoms with E-state index >= 15 is 0 Å². The van der Waals surface area contributed by atoms with Crippen LogP contribution in [0.4, 0.5) is 0 Å². The van der Waals surface area contributed by atoms with E-state index in [1.54, 1.807) is 0 Å². The van der Waals surface area contributed by atoms with Gasteiger partial charge in [-0.15, -0.1) is 0 Å². The number of hydrogen-bond acceptors (Lipinski definition) is 3. The van der Waals surface area contributed by atoms with E-state index in [-0.39, 0.29) is 11.4 Å². The molecule has 0 saturated heterocycles. The summed E-state index contributed by atoms with van der Waals surface area (Å²) in [6, 6.07) is 7.98. The molecule has 0 spiro atoms. The van der Waals surface area contributed by atoms with Crippen LogP contribution in [0.25, 0.3) is 0 Å². The van der Waals surface area contributed by atoms with Crippen LogP contribution in [0.5, 0.6) is 5.75 Å². The van der Waals surface area contributed by atoms with Crippen molar-refractivity contribution in [2.24, 2.45) is 10.8 Å². The first kappa shape index (κ1) is 19.5. The minimum atomic E-state index is -0.175. The lowest BCUT2D eigenvalue weighted by Crippen LogP contribution is -2.22. The first-order valence-electron chi connectivity index (χ1n) is 8.40. The van der Waals surface area contributed by atoms with Gasteiger partial charge in [0.1, 0.15) is 5.75 Å². The zero-order valence-electron chi connectivity index (χ0n) is 15.6. The number of carbonyl (C=O) groups is 1. The zero-order chi connectivity index (χ0) is 17.5. The van der Waals surface area contributed by atoms with E-state index in [9.17, 15) is 4.79 Å². The third-order valence-corrected chi connectivity index (χ3v) is 3.83. The zero-order valence-corrected chi connectivity index (χ0v) is 15.6. The molecule has 0 aliphatic carbocycles. The number of methoxy groups -OCH3 is 1. The fraction of sp³-hybridized carbons (Fsp3) is 0.650. The minimum Gasteiger partial charge on any atom is -0.494 e. The second-order valence-corrected chi connectivity index (χ2v) is 8.22. The van der Waals surface area contributed by atoms with E-state index < -0.39 is 0 Å². The number of carbonyl (C=O) groups excluding carboxylic acids is 1. The molecule has 0 atom stereocenters. The van der Waals surface area contributed by atoms with Crippen molar-refractivity contribution in [2.75, 3.05) is 13.7 Å². The third-order valence-electron chi connectivity index (χ3n) is 3.83. The summed E-state index contributed by atoms with van der Waals surface area (Å²) in [6.45, 7) is 12.2. The van der Waals surface area contributed by atoms with Gasteiger partial charge < -0.3 is 9.47 Å². The second-order valence-electron chi connectivity index (χ2n) is 8.22. The maximum atomic E-state index is 11.1. The van der Waals surface area contributed by atoms with Crippen LogP contribution < -0.4 is 4.74 Å². The molecule has 0 saturated carbocycles. The van der Waals surface area contributed by atoms with E-state index in [0.29, 0.717) is 18.3 Å². The van der Waals surface area contributed by atoms with Crippen LogP contribution >= 0.6 is 0 Å². The monoisotopic (exact) mass is 320 g/mol. The van der Waals surface area contributed by atoms with Gasteiger partial charge in [-0.3, -0.25) is 4.79 Å². The predicted octanol–water partition coefficient (Wildman–Crippen LogP) is 5.02. The Hall–Kier alpha value is -1.51. The van der Waals surface area contributed by atoms with Crippen molar-refractivity contribution in [1.82, 2.24) is 0 Å². The largest absolute Gasteiger partial charge is 0.494 e. The molecule has 0 unspecified atom stereocenters. The topological polar surface area (TPSA) is 35.5 Å². The summed E-state index contributed by atoms with van der Waals surface area (Å²) in [6.07, 6.45) is 3.33. The molecule has 0 aliphatic heterocycles. The molecule has 0 fully saturated rings. The summed E-state index contributed by atoms with van der Waals surface area (Å²) in [7, 11) is 1.42. The Kier molecular flexibility index (Phi) is 7.11. The summed E-state index contributed by atoms with van der Waals surface area (Å²) < 4.78 is 10.5. The standard InChI is InChI=1S/C20H32O3/c1-19(2,3)15-20(4,5)13-14-23-17-10-7-16(8-11-17)9-12-18(21)22-6/h7-8,10-11H,9,12-15H2,1-6H3. The highest BCUT2D eigenvalue weighted by molar-refractivity contribution is 5.69. The van der Waals surface area contributed by atoms with Gasteiger partial charge >= 0.3 is 5.97 Å². The van der Waals surface area contributed by atoms with Crippen LogP contribution in [-0.2, 0) is 16.0 Å². The molecule has 1 aromatic rings. The summed E-state index contributed by atoms with van der Waals surface area (Å²) in [5, 5.41) is 0. The molecule has 1 rings (SSSR count). The molecule has 0 aliphatic rings. The summed E-state index contributed by atoms with van der Waals surface area (Å²) >= 11 is 0. The van der Waals surface area contributed by atoms with Crippen molar-refractivity contribution in [3.63, 3.8) is 0 Å². The van der Waals surface area contributed by atoms with Crippen molar-refractivity contribution >= 4 is 5.97 Å². The van der Waals surface area contributed by atoms with Gasteiger partial charge in [0.15, 0.2) is 0 Å². The molecule has 0 amide bonds. The molecule has 0 bridgehead atoms. The first-order valence-corrected chi connectivity index (χ1v) is 8.40. The lowest BCUT2D eigenvalue weighted by atomic mass is 9.74. The minimum absolute atomic E-state index is 0.175. The highest BCUT2D eigenvalue weighted by Crippen LogP contribution is 2.35. The highest BCUT2D eigenvalue weighted by Gasteiger charge is 2.25. The maximum Gasteiger partial charge on any atom is 0.305 e. The van der Waals surface area contributed by atoms with Gasteiger partial charge in [-0.05, 0) is 47.8 Å². The van der Waals surface area contributed by atoms with E-state index in [1.807, 2.05) is 24.3 Å². The first-order chi connectivity index (χ1) is 10.6. The number of esters is 1. The van der Waals surface area contributed by atoms with Gasteiger partial charge in [0.05, 0.1) is 13.7 Å². The molecule has 1 aromatic carbocycles. The van der Waals surface area contributed by atoms with Gasteiger partial charge in [-0.25, -0.2) is 0 Å². The Morgan fingerprint density at radius 1 is 1.04 bits per heavy atom. The predicted molar refractivity (Wildman–Crippen MR) is 94.7 cm³/mol. The number of ether oxygens (including phenoxy) is 2. The molecular formula is C20H32O3. The Bertz CT molecular complexity index is 481. The molecule has 23 heavy (non-hydrogen) atoms. The number of rotatable bonds is 8. The molecule has 0 radical (unpaired) electrons. The quantitative estimate of drug-likeness (QED) is 0.631. The van der Waals surface area contributed by atoms with E-state index in [4.69, 9.17) is 4.74 Å². The number of benzene rings is 1. The lowest BCUT2D eigenvalue weighted by molar-refractivity contribution is -0.140. The Balaban J connectivity index is 2.39. The van der Waals surface area contributed by atoms with Gasteiger partial charge in [-0.2, -0.15) is 0 Å². The average molecular weight is 320 g/mol. The molecule has 3 nitrogen and oxygen atoms in total. The normalized spacial score (nSPS) is 12.1. The average Bonchev–Trinajstić information content (AvgIpc) is 2.43. The molecule has 0 aromatic heterocycles. The van der Waals surface area contributed by atoms with Crippen molar-refractivity contribution in [3.05, 3.63) is 29.8 Å². The molecular weight excluding hydrogens is 288 g/mol. The van der Waals surface area contributed by atoms with Gasteiger partial charge in [0, 0.05) is 6.42 Å². The van der Waals surface area contributed by atoms with Crippen LogP contribution in [0, 0.1) is 10.8 Å². The summed E-state index contributed by atoms with van der Waals surface area (Å²) in [4.78, 5) is 11.1. The smallest absolute Gasteiger partial charge is 0.305 e. The highest BCUT2D eigenvalue weighted by atomic mass is 16.5. The van der Waals surface area contributed by atoms with Crippen LogP contribution in [0.15, 0.2) is 24.3 Å². The lowest BCUT2D eigenvalue weighted by Gasteiger charge is -2.32. The van der Waals surface area contributed by atoms with Crippen molar-refractivity contribution in [2.45, 2.75) is 60.3 Å². The summed E-state index contributed by atoms with van der Waals surface area (Å²) in [5.41, 5.74) is 1.74. The van der Waals surface area contributed by atoms with Crippen LogP contribution in [0.3, 0.4) is 0 Å².